The maximum atomic E-state index is 13.0. The van der Waals surface area contributed by atoms with E-state index >= 15 is 0 Å². The van der Waals surface area contributed by atoms with Crippen molar-refractivity contribution >= 4 is 33.4 Å². The van der Waals surface area contributed by atoms with Crippen molar-refractivity contribution in [3.8, 4) is 11.8 Å². The molecule has 2 aromatic carbocycles. The monoisotopic (exact) mass is 461 g/mol. The van der Waals surface area contributed by atoms with Crippen molar-refractivity contribution in [1.82, 2.24) is 4.31 Å². The van der Waals surface area contributed by atoms with E-state index in [4.69, 9.17) is 10.00 Å². The Morgan fingerprint density at radius 2 is 1.81 bits per heavy atom. The molecule has 2 rings (SSSR count). The van der Waals surface area contributed by atoms with Crippen LogP contribution in [0.3, 0.4) is 0 Å². The van der Waals surface area contributed by atoms with Gasteiger partial charge in [-0.3, -0.25) is 4.79 Å². The van der Waals surface area contributed by atoms with Gasteiger partial charge in [-0.1, -0.05) is 26.0 Å². The van der Waals surface area contributed by atoms with E-state index in [1.54, 1.807) is 45.0 Å². The molecule has 0 aromatic heterocycles. The average Bonchev–Trinajstić information content (AvgIpc) is 2.76. The zero-order chi connectivity index (χ0) is 22.9. The zero-order valence-corrected chi connectivity index (χ0v) is 19.6. The molecule has 0 atom stereocenters. The molecular formula is C22H27N3O4S2. The summed E-state index contributed by atoms with van der Waals surface area (Å²) in [5.74, 6) is 0.881. The number of ether oxygens (including phenoxy) is 1. The molecule has 31 heavy (non-hydrogen) atoms. The first kappa shape index (κ1) is 24.7. The second kappa shape index (κ2) is 11.7. The molecule has 9 heteroatoms. The molecule has 0 aliphatic rings. The summed E-state index contributed by atoms with van der Waals surface area (Å²) in [7, 11) is -3.74. The van der Waals surface area contributed by atoms with Gasteiger partial charge in [-0.05, 0) is 42.8 Å². The Labute approximate surface area is 188 Å². The summed E-state index contributed by atoms with van der Waals surface area (Å²) in [6, 6.07) is 13.9. The predicted molar refractivity (Wildman–Crippen MR) is 124 cm³/mol. The molecule has 2 aromatic rings. The summed E-state index contributed by atoms with van der Waals surface area (Å²) < 4.78 is 32.9. The average molecular weight is 462 g/mol. The van der Waals surface area contributed by atoms with Crippen LogP contribution in [0, 0.1) is 11.3 Å². The number of hydrogen-bond donors (Lipinski definition) is 1. The number of carbonyl (C=O) groups excluding carboxylic acids is 1. The molecule has 0 saturated heterocycles. The van der Waals surface area contributed by atoms with Gasteiger partial charge in [0.05, 0.1) is 24.0 Å². The van der Waals surface area contributed by atoms with E-state index in [2.05, 4.69) is 11.4 Å². The Bertz CT molecular complexity index is 1030. The van der Waals surface area contributed by atoms with Gasteiger partial charge in [-0.25, -0.2) is 8.42 Å². The first-order valence-corrected chi connectivity index (χ1v) is 12.6. The summed E-state index contributed by atoms with van der Waals surface area (Å²) in [5.41, 5.74) is 2.01. The van der Waals surface area contributed by atoms with Crippen molar-refractivity contribution in [1.29, 1.82) is 5.26 Å². The van der Waals surface area contributed by atoms with Gasteiger partial charge in [0.1, 0.15) is 10.6 Å². The van der Waals surface area contributed by atoms with Crippen LogP contribution in [0.25, 0.3) is 0 Å². The third-order valence-corrected chi connectivity index (χ3v) is 7.51. The number of benzene rings is 2. The van der Waals surface area contributed by atoms with Gasteiger partial charge in [0, 0.05) is 24.5 Å². The molecule has 166 valence electrons. The number of nitrogens with one attached hydrogen (secondary N) is 1. The van der Waals surface area contributed by atoms with Crippen molar-refractivity contribution in [3.63, 3.8) is 0 Å². The maximum Gasteiger partial charge on any atom is 0.246 e. The summed E-state index contributed by atoms with van der Waals surface area (Å²) >= 11 is 1.43. The topological polar surface area (TPSA) is 99.5 Å². The van der Waals surface area contributed by atoms with Crippen LogP contribution in [-0.2, 0) is 20.6 Å². The molecule has 0 saturated carbocycles. The number of hydrogen-bond acceptors (Lipinski definition) is 6. The Morgan fingerprint density at radius 1 is 1.13 bits per heavy atom. The molecule has 0 heterocycles. The number of thioether (sulfide) groups is 1. The summed E-state index contributed by atoms with van der Waals surface area (Å²) in [6.45, 7) is 6.35. The van der Waals surface area contributed by atoms with Crippen LogP contribution in [-0.4, -0.2) is 44.1 Å². The van der Waals surface area contributed by atoms with Crippen molar-refractivity contribution < 1.29 is 17.9 Å². The van der Waals surface area contributed by atoms with Crippen LogP contribution in [0.5, 0.6) is 5.75 Å². The van der Waals surface area contributed by atoms with Crippen LogP contribution in [0.2, 0.25) is 0 Å². The minimum atomic E-state index is -3.74. The summed E-state index contributed by atoms with van der Waals surface area (Å²) in [5, 5.41) is 11.6. The molecule has 0 aliphatic heterocycles. The quantitative estimate of drug-likeness (QED) is 0.545. The fraction of sp³-hybridized carbons (Fsp3) is 0.364. The lowest BCUT2D eigenvalue weighted by atomic mass is 10.2. The molecule has 0 fully saturated rings. The number of nitrogens with zero attached hydrogens (tertiary/aromatic N) is 2. The first-order chi connectivity index (χ1) is 14.8. The second-order valence-corrected chi connectivity index (χ2v) is 9.43. The summed E-state index contributed by atoms with van der Waals surface area (Å²) in [4.78, 5) is 12.4. The minimum absolute atomic E-state index is 0.0427. The number of amides is 1. The van der Waals surface area contributed by atoms with Gasteiger partial charge >= 0.3 is 0 Å². The van der Waals surface area contributed by atoms with Gasteiger partial charge in [-0.15, -0.1) is 11.8 Å². The highest BCUT2D eigenvalue weighted by molar-refractivity contribution is 7.99. The van der Waals surface area contributed by atoms with E-state index in [9.17, 15) is 13.2 Å². The molecule has 0 radical (unpaired) electrons. The standard InChI is InChI=1S/C22H27N3O4S2/c1-4-25(5-2)31(27,28)21-13-19(11-12-20(21)29-6-3)24-22(26)16-30-15-18-9-7-17(14-23)8-10-18/h7-13H,4-6,15-16H2,1-3H3,(H,24,26). The molecule has 1 N–H and O–H groups in total. The number of carbonyl (C=O) groups is 1. The molecule has 1 amide bonds. The lowest BCUT2D eigenvalue weighted by Gasteiger charge is -2.21. The fourth-order valence-corrected chi connectivity index (χ4v) is 5.30. The van der Waals surface area contributed by atoms with Crippen LogP contribution in [0.1, 0.15) is 31.9 Å². The van der Waals surface area contributed by atoms with E-state index in [0.717, 1.165) is 5.56 Å². The van der Waals surface area contributed by atoms with Crippen LogP contribution in [0.15, 0.2) is 47.4 Å². The third kappa shape index (κ3) is 6.72. The predicted octanol–water partition coefficient (Wildman–Crippen LogP) is 3.86. The van der Waals surface area contributed by atoms with Gasteiger partial charge in [0.15, 0.2) is 0 Å². The highest BCUT2D eigenvalue weighted by Gasteiger charge is 2.26. The fourth-order valence-electron chi connectivity index (χ4n) is 2.90. The lowest BCUT2D eigenvalue weighted by molar-refractivity contribution is -0.113. The SMILES string of the molecule is CCOc1ccc(NC(=O)CSCc2ccc(C#N)cc2)cc1S(=O)(=O)N(CC)CC. The molecular weight excluding hydrogens is 434 g/mol. The second-order valence-electron chi connectivity index (χ2n) is 6.53. The Kier molecular flexibility index (Phi) is 9.37. The highest BCUT2D eigenvalue weighted by Crippen LogP contribution is 2.30. The van der Waals surface area contributed by atoms with Gasteiger partial charge in [0.25, 0.3) is 0 Å². The van der Waals surface area contributed by atoms with Crippen molar-refractivity contribution in [2.45, 2.75) is 31.4 Å². The Morgan fingerprint density at radius 3 is 2.39 bits per heavy atom. The largest absolute Gasteiger partial charge is 0.492 e. The molecule has 0 unspecified atom stereocenters. The lowest BCUT2D eigenvalue weighted by Crippen LogP contribution is -2.31. The van der Waals surface area contributed by atoms with E-state index < -0.39 is 10.0 Å². The zero-order valence-electron chi connectivity index (χ0n) is 17.9. The number of nitriles is 1. The third-order valence-electron chi connectivity index (χ3n) is 4.44. The smallest absolute Gasteiger partial charge is 0.246 e. The maximum absolute atomic E-state index is 13.0. The van der Waals surface area contributed by atoms with Crippen molar-refractivity contribution in [2.24, 2.45) is 0 Å². The normalized spacial score (nSPS) is 11.2. The van der Waals surface area contributed by atoms with E-state index in [0.29, 0.717) is 36.7 Å². The van der Waals surface area contributed by atoms with Crippen molar-refractivity contribution in [3.05, 3.63) is 53.6 Å². The number of anilines is 1. The van der Waals surface area contributed by atoms with Gasteiger partial charge in [0.2, 0.25) is 15.9 Å². The van der Waals surface area contributed by atoms with Crippen LogP contribution < -0.4 is 10.1 Å². The highest BCUT2D eigenvalue weighted by atomic mass is 32.2. The van der Waals surface area contributed by atoms with Crippen LogP contribution in [0.4, 0.5) is 5.69 Å². The van der Waals surface area contributed by atoms with E-state index in [1.165, 1.54) is 22.1 Å². The molecule has 0 aliphatic carbocycles. The van der Waals surface area contributed by atoms with Gasteiger partial charge in [-0.2, -0.15) is 9.57 Å². The van der Waals surface area contributed by atoms with Crippen LogP contribution >= 0.6 is 11.8 Å². The summed E-state index contributed by atoms with van der Waals surface area (Å²) in [6.07, 6.45) is 0. The first-order valence-electron chi connectivity index (χ1n) is 9.99. The Balaban J connectivity index is 2.08. The molecule has 0 spiro atoms. The van der Waals surface area contributed by atoms with E-state index in [-0.39, 0.29) is 22.3 Å². The molecule has 0 bridgehead atoms. The van der Waals surface area contributed by atoms with Gasteiger partial charge < -0.3 is 10.1 Å². The number of rotatable bonds is 11. The minimum Gasteiger partial charge on any atom is -0.492 e. The van der Waals surface area contributed by atoms with Crippen molar-refractivity contribution in [2.75, 3.05) is 30.8 Å². The molecule has 7 nitrogen and oxygen atoms in total. The Hall–Kier alpha value is -2.54. The van der Waals surface area contributed by atoms with E-state index in [1.807, 2.05) is 12.1 Å². The number of sulfonamides is 1.